The molecule has 1 aromatic heterocycles. The van der Waals surface area contributed by atoms with Crippen LogP contribution < -0.4 is 15.4 Å². The van der Waals surface area contributed by atoms with Crippen LogP contribution in [0.3, 0.4) is 0 Å². The SMILES string of the molecule is CN=C(NCCc1c(C)nn(C)c1C)NCc1cccc(OC)c1. The van der Waals surface area contributed by atoms with E-state index in [0.29, 0.717) is 6.54 Å². The smallest absolute Gasteiger partial charge is 0.191 e. The summed E-state index contributed by atoms with van der Waals surface area (Å²) in [6.45, 7) is 5.66. The Kier molecular flexibility index (Phi) is 6.23. The van der Waals surface area contributed by atoms with E-state index in [1.165, 1.54) is 11.3 Å². The highest BCUT2D eigenvalue weighted by molar-refractivity contribution is 5.79. The molecule has 6 nitrogen and oxygen atoms in total. The average molecular weight is 329 g/mol. The second-order valence-electron chi connectivity index (χ2n) is 5.73. The van der Waals surface area contributed by atoms with E-state index in [-0.39, 0.29) is 0 Å². The van der Waals surface area contributed by atoms with Crippen molar-refractivity contribution in [3.8, 4) is 5.75 Å². The Labute approximate surface area is 143 Å². The third-order valence-corrected chi connectivity index (χ3v) is 4.14. The molecule has 24 heavy (non-hydrogen) atoms. The predicted octanol–water partition coefficient (Wildman–Crippen LogP) is 1.95. The summed E-state index contributed by atoms with van der Waals surface area (Å²) in [5.74, 6) is 1.65. The fraction of sp³-hybridized carbons (Fsp3) is 0.444. The van der Waals surface area contributed by atoms with E-state index in [9.17, 15) is 0 Å². The van der Waals surface area contributed by atoms with Crippen LogP contribution in [-0.2, 0) is 20.0 Å². The summed E-state index contributed by atoms with van der Waals surface area (Å²) in [5.41, 5.74) is 4.76. The zero-order valence-electron chi connectivity index (χ0n) is 15.2. The first-order chi connectivity index (χ1) is 11.5. The van der Waals surface area contributed by atoms with Gasteiger partial charge in [-0.1, -0.05) is 12.1 Å². The molecule has 0 aliphatic heterocycles. The second kappa shape index (κ2) is 8.38. The Bertz CT molecular complexity index is 705. The first-order valence-electron chi connectivity index (χ1n) is 8.11. The molecule has 2 aromatic rings. The molecule has 0 saturated carbocycles. The Morgan fingerprint density at radius 2 is 2.08 bits per heavy atom. The highest BCUT2D eigenvalue weighted by Crippen LogP contribution is 2.13. The number of aromatic nitrogens is 2. The van der Waals surface area contributed by atoms with Gasteiger partial charge in [-0.05, 0) is 43.5 Å². The zero-order chi connectivity index (χ0) is 17.5. The van der Waals surface area contributed by atoms with Crippen molar-refractivity contribution in [2.45, 2.75) is 26.8 Å². The van der Waals surface area contributed by atoms with Crippen molar-refractivity contribution in [1.82, 2.24) is 20.4 Å². The Balaban J connectivity index is 1.84. The van der Waals surface area contributed by atoms with Crippen molar-refractivity contribution in [3.05, 3.63) is 46.8 Å². The van der Waals surface area contributed by atoms with Gasteiger partial charge < -0.3 is 15.4 Å². The molecule has 0 spiro atoms. The van der Waals surface area contributed by atoms with Gasteiger partial charge in [-0.2, -0.15) is 5.10 Å². The molecule has 2 N–H and O–H groups in total. The van der Waals surface area contributed by atoms with E-state index < -0.39 is 0 Å². The van der Waals surface area contributed by atoms with E-state index >= 15 is 0 Å². The van der Waals surface area contributed by atoms with Crippen molar-refractivity contribution >= 4 is 5.96 Å². The number of ether oxygens (including phenoxy) is 1. The van der Waals surface area contributed by atoms with Crippen LogP contribution in [0.1, 0.15) is 22.5 Å². The molecule has 0 atom stereocenters. The lowest BCUT2D eigenvalue weighted by molar-refractivity contribution is 0.414. The monoisotopic (exact) mass is 329 g/mol. The number of hydrogen-bond donors (Lipinski definition) is 2. The summed E-state index contributed by atoms with van der Waals surface area (Å²) in [6.07, 6.45) is 0.922. The first-order valence-corrected chi connectivity index (χ1v) is 8.11. The highest BCUT2D eigenvalue weighted by atomic mass is 16.5. The van der Waals surface area contributed by atoms with Crippen LogP contribution in [0.25, 0.3) is 0 Å². The number of nitrogens with one attached hydrogen (secondary N) is 2. The van der Waals surface area contributed by atoms with Crippen molar-refractivity contribution in [2.24, 2.45) is 12.0 Å². The summed E-state index contributed by atoms with van der Waals surface area (Å²) >= 11 is 0. The predicted molar refractivity (Wildman–Crippen MR) is 97.6 cm³/mol. The number of methoxy groups -OCH3 is 1. The Hall–Kier alpha value is -2.50. The number of rotatable bonds is 6. The van der Waals surface area contributed by atoms with Crippen LogP contribution in [-0.4, -0.2) is 36.4 Å². The van der Waals surface area contributed by atoms with Crippen molar-refractivity contribution in [3.63, 3.8) is 0 Å². The van der Waals surface area contributed by atoms with Gasteiger partial charge in [0.05, 0.1) is 12.8 Å². The quantitative estimate of drug-likeness (QED) is 0.628. The highest BCUT2D eigenvalue weighted by Gasteiger charge is 2.09. The lowest BCUT2D eigenvalue weighted by atomic mass is 10.1. The van der Waals surface area contributed by atoms with E-state index in [0.717, 1.165) is 35.9 Å². The minimum Gasteiger partial charge on any atom is -0.497 e. The molecule has 0 fully saturated rings. The summed E-state index contributed by atoms with van der Waals surface area (Å²) in [4.78, 5) is 4.27. The van der Waals surface area contributed by atoms with Crippen molar-refractivity contribution < 1.29 is 4.74 Å². The largest absolute Gasteiger partial charge is 0.497 e. The van der Waals surface area contributed by atoms with Gasteiger partial charge in [0.2, 0.25) is 0 Å². The molecule has 0 aliphatic rings. The molecule has 0 amide bonds. The van der Waals surface area contributed by atoms with E-state index in [4.69, 9.17) is 4.74 Å². The summed E-state index contributed by atoms with van der Waals surface area (Å²) < 4.78 is 7.18. The molecule has 0 aliphatic carbocycles. The van der Waals surface area contributed by atoms with Gasteiger partial charge in [-0.25, -0.2) is 0 Å². The van der Waals surface area contributed by atoms with Crippen LogP contribution in [0.5, 0.6) is 5.75 Å². The molecular formula is C18H27N5O. The van der Waals surface area contributed by atoms with Gasteiger partial charge in [0.15, 0.2) is 5.96 Å². The van der Waals surface area contributed by atoms with Crippen LogP contribution in [0.15, 0.2) is 29.3 Å². The summed E-state index contributed by atoms with van der Waals surface area (Å²) in [5, 5.41) is 11.1. The zero-order valence-corrected chi connectivity index (χ0v) is 15.2. The Morgan fingerprint density at radius 1 is 1.29 bits per heavy atom. The van der Waals surface area contributed by atoms with E-state index in [1.807, 2.05) is 29.9 Å². The number of guanidine groups is 1. The van der Waals surface area contributed by atoms with Crippen molar-refractivity contribution in [1.29, 1.82) is 0 Å². The molecule has 0 saturated heterocycles. The Morgan fingerprint density at radius 3 is 2.71 bits per heavy atom. The van der Waals surface area contributed by atoms with Gasteiger partial charge in [0.25, 0.3) is 0 Å². The standard InChI is InChI=1S/C18H27N5O/c1-13-17(14(2)23(4)22-13)9-10-20-18(19-3)21-12-15-7-6-8-16(11-15)24-5/h6-8,11H,9-10,12H2,1-5H3,(H2,19,20,21). The lowest BCUT2D eigenvalue weighted by Gasteiger charge is -2.12. The molecule has 2 rings (SSSR count). The van der Waals surface area contributed by atoms with Crippen LogP contribution >= 0.6 is 0 Å². The number of benzene rings is 1. The minimum atomic E-state index is 0.696. The normalized spacial score (nSPS) is 11.5. The van der Waals surface area contributed by atoms with E-state index in [2.05, 4.69) is 40.6 Å². The molecule has 0 unspecified atom stereocenters. The maximum atomic E-state index is 5.24. The first kappa shape index (κ1) is 17.8. The van der Waals surface area contributed by atoms with Crippen LogP contribution in [0.4, 0.5) is 0 Å². The number of aliphatic imine (C=N–C) groups is 1. The van der Waals surface area contributed by atoms with Gasteiger partial charge in [-0.3, -0.25) is 9.67 Å². The fourth-order valence-corrected chi connectivity index (χ4v) is 2.67. The maximum Gasteiger partial charge on any atom is 0.191 e. The van der Waals surface area contributed by atoms with Gasteiger partial charge in [0.1, 0.15) is 5.75 Å². The molecular weight excluding hydrogens is 302 g/mol. The van der Waals surface area contributed by atoms with Crippen LogP contribution in [0.2, 0.25) is 0 Å². The second-order valence-corrected chi connectivity index (χ2v) is 5.73. The van der Waals surface area contributed by atoms with Crippen LogP contribution in [0, 0.1) is 13.8 Å². The molecule has 1 heterocycles. The maximum absolute atomic E-state index is 5.24. The molecule has 130 valence electrons. The third-order valence-electron chi connectivity index (χ3n) is 4.14. The topological polar surface area (TPSA) is 63.5 Å². The van der Waals surface area contributed by atoms with Gasteiger partial charge in [0, 0.05) is 32.9 Å². The number of nitrogens with zero attached hydrogens (tertiary/aromatic N) is 3. The summed E-state index contributed by atoms with van der Waals surface area (Å²) in [7, 11) is 5.44. The summed E-state index contributed by atoms with van der Waals surface area (Å²) in [6, 6.07) is 8.00. The number of hydrogen-bond acceptors (Lipinski definition) is 3. The average Bonchev–Trinajstić information content (AvgIpc) is 2.83. The minimum absolute atomic E-state index is 0.696. The number of aryl methyl sites for hydroxylation is 2. The molecule has 0 radical (unpaired) electrons. The lowest BCUT2D eigenvalue weighted by Crippen LogP contribution is -2.37. The molecule has 6 heteroatoms. The van der Waals surface area contributed by atoms with Gasteiger partial charge in [-0.15, -0.1) is 0 Å². The fourth-order valence-electron chi connectivity index (χ4n) is 2.67. The third kappa shape index (κ3) is 4.50. The van der Waals surface area contributed by atoms with Crippen molar-refractivity contribution in [2.75, 3.05) is 20.7 Å². The molecule has 1 aromatic carbocycles. The molecule has 0 bridgehead atoms. The van der Waals surface area contributed by atoms with E-state index in [1.54, 1.807) is 14.2 Å². The van der Waals surface area contributed by atoms with Gasteiger partial charge >= 0.3 is 0 Å².